The fourth-order valence-corrected chi connectivity index (χ4v) is 1.54. The van der Waals surface area contributed by atoms with Crippen molar-refractivity contribution in [3.05, 3.63) is 0 Å². The van der Waals surface area contributed by atoms with Crippen LogP contribution < -0.4 is 0 Å². The molecule has 0 radical (unpaired) electrons. The van der Waals surface area contributed by atoms with Crippen molar-refractivity contribution in [3.63, 3.8) is 0 Å². The summed E-state index contributed by atoms with van der Waals surface area (Å²) in [6.07, 6.45) is 1.77. The summed E-state index contributed by atoms with van der Waals surface area (Å²) in [6.45, 7) is 1.06. The minimum atomic E-state index is -2.67. The van der Waals surface area contributed by atoms with Gasteiger partial charge in [-0.25, -0.2) is 8.78 Å². The quantitative estimate of drug-likeness (QED) is 0.629. The lowest BCUT2D eigenvalue weighted by Crippen LogP contribution is -2.44. The molecule has 0 aromatic rings. The fourth-order valence-electron chi connectivity index (χ4n) is 1.54. The molecule has 0 heterocycles. The predicted octanol–water partition coefficient (Wildman–Crippen LogP) is 2.19. The topological polar surface area (TPSA) is 20.2 Å². The highest BCUT2D eigenvalue weighted by atomic mass is 19.3. The van der Waals surface area contributed by atoms with Gasteiger partial charge < -0.3 is 5.11 Å². The van der Waals surface area contributed by atoms with Crippen LogP contribution in [0, 0.1) is 5.41 Å². The van der Waals surface area contributed by atoms with E-state index < -0.39 is 17.9 Å². The number of rotatable bonds is 1. The number of hydrogen-bond acceptors (Lipinski definition) is 1. The van der Waals surface area contributed by atoms with Gasteiger partial charge in [-0.1, -0.05) is 13.3 Å². The van der Waals surface area contributed by atoms with Gasteiger partial charge in [-0.05, 0) is 12.8 Å². The van der Waals surface area contributed by atoms with Gasteiger partial charge in [-0.2, -0.15) is 0 Å². The lowest BCUT2D eigenvalue weighted by molar-refractivity contribution is -0.159. The van der Waals surface area contributed by atoms with Crippen LogP contribution in [0.2, 0.25) is 0 Å². The molecule has 0 unspecified atom stereocenters. The Labute approximate surface area is 65.4 Å². The molecule has 0 spiro atoms. The zero-order valence-corrected chi connectivity index (χ0v) is 6.74. The maximum atomic E-state index is 13.1. The predicted molar refractivity (Wildman–Crippen MR) is 38.6 cm³/mol. The summed E-state index contributed by atoms with van der Waals surface area (Å²) in [4.78, 5) is 0. The summed E-state index contributed by atoms with van der Waals surface area (Å²) in [5, 5.41) is 8.81. The molecule has 0 saturated heterocycles. The van der Waals surface area contributed by atoms with Gasteiger partial charge in [-0.15, -0.1) is 0 Å². The van der Waals surface area contributed by atoms with Gasteiger partial charge >= 0.3 is 0 Å². The van der Waals surface area contributed by atoms with E-state index in [9.17, 15) is 8.78 Å². The highest BCUT2D eigenvalue weighted by Gasteiger charge is 2.50. The Kier molecular flexibility index (Phi) is 2.19. The van der Waals surface area contributed by atoms with E-state index in [0.717, 1.165) is 6.42 Å². The van der Waals surface area contributed by atoms with Crippen LogP contribution in [-0.2, 0) is 0 Å². The molecule has 66 valence electrons. The SMILES string of the molecule is C[C@@]1(CO)CCCCC1(F)F. The van der Waals surface area contributed by atoms with E-state index in [1.165, 1.54) is 6.92 Å². The molecule has 3 heteroatoms. The van der Waals surface area contributed by atoms with Crippen molar-refractivity contribution in [2.45, 2.75) is 38.5 Å². The first-order chi connectivity index (χ1) is 5.02. The summed E-state index contributed by atoms with van der Waals surface area (Å²) in [7, 11) is 0. The molecule has 0 bridgehead atoms. The third-order valence-corrected chi connectivity index (χ3v) is 2.70. The maximum Gasteiger partial charge on any atom is 0.255 e. The average molecular weight is 164 g/mol. The van der Waals surface area contributed by atoms with E-state index in [1.807, 2.05) is 0 Å². The van der Waals surface area contributed by atoms with E-state index in [1.54, 1.807) is 0 Å². The number of aliphatic hydroxyl groups excluding tert-OH is 1. The number of alkyl halides is 2. The number of hydrogen-bond donors (Lipinski definition) is 1. The Hall–Kier alpha value is -0.180. The van der Waals surface area contributed by atoms with E-state index in [2.05, 4.69) is 0 Å². The third-order valence-electron chi connectivity index (χ3n) is 2.70. The van der Waals surface area contributed by atoms with Gasteiger partial charge in [0.2, 0.25) is 0 Å². The first kappa shape index (κ1) is 8.91. The zero-order chi connectivity index (χ0) is 8.54. The van der Waals surface area contributed by atoms with Crippen LogP contribution in [0.4, 0.5) is 8.78 Å². The van der Waals surface area contributed by atoms with Crippen molar-refractivity contribution in [2.75, 3.05) is 6.61 Å². The van der Waals surface area contributed by atoms with Crippen molar-refractivity contribution >= 4 is 0 Å². The fraction of sp³-hybridized carbons (Fsp3) is 1.00. The Balaban J connectivity index is 2.74. The summed E-state index contributed by atoms with van der Waals surface area (Å²) in [5.74, 6) is -2.67. The second-order valence-corrected chi connectivity index (χ2v) is 3.63. The molecule has 1 aliphatic rings. The van der Waals surface area contributed by atoms with Crippen LogP contribution in [-0.4, -0.2) is 17.6 Å². The van der Waals surface area contributed by atoms with Gasteiger partial charge in [0.15, 0.2) is 0 Å². The Morgan fingerprint density at radius 2 is 1.82 bits per heavy atom. The molecule has 1 atom stereocenters. The Morgan fingerprint density at radius 1 is 1.27 bits per heavy atom. The monoisotopic (exact) mass is 164 g/mol. The lowest BCUT2D eigenvalue weighted by Gasteiger charge is -2.39. The van der Waals surface area contributed by atoms with Crippen LogP contribution in [0.1, 0.15) is 32.6 Å². The third kappa shape index (κ3) is 1.39. The van der Waals surface area contributed by atoms with Crippen LogP contribution in [0.25, 0.3) is 0 Å². The van der Waals surface area contributed by atoms with E-state index >= 15 is 0 Å². The molecule has 1 rings (SSSR count). The van der Waals surface area contributed by atoms with Crippen LogP contribution in [0.5, 0.6) is 0 Å². The second-order valence-electron chi connectivity index (χ2n) is 3.63. The normalized spacial score (nSPS) is 37.1. The molecular formula is C8H14F2O. The lowest BCUT2D eigenvalue weighted by atomic mass is 9.73. The second kappa shape index (κ2) is 2.70. The molecule has 0 aliphatic heterocycles. The van der Waals surface area contributed by atoms with Gasteiger partial charge in [0.05, 0.1) is 12.0 Å². The largest absolute Gasteiger partial charge is 0.396 e. The highest BCUT2D eigenvalue weighted by molar-refractivity contribution is 4.91. The van der Waals surface area contributed by atoms with Crippen LogP contribution in [0.3, 0.4) is 0 Å². The smallest absolute Gasteiger partial charge is 0.255 e. The van der Waals surface area contributed by atoms with E-state index in [0.29, 0.717) is 12.8 Å². The summed E-state index contributed by atoms with van der Waals surface area (Å²) < 4.78 is 26.2. The Bertz CT molecular complexity index is 147. The molecule has 1 N–H and O–H groups in total. The summed E-state index contributed by atoms with van der Waals surface area (Å²) >= 11 is 0. The molecule has 1 fully saturated rings. The van der Waals surface area contributed by atoms with Gasteiger partial charge in [0.1, 0.15) is 0 Å². The molecule has 0 aromatic heterocycles. The van der Waals surface area contributed by atoms with E-state index in [4.69, 9.17) is 5.11 Å². The standard InChI is InChI=1S/C8H14F2O/c1-7(6-11)4-2-3-5-8(7,9)10/h11H,2-6H2,1H3/t7-/m0/s1. The summed E-state index contributed by atoms with van der Waals surface area (Å²) in [5.41, 5.74) is -1.16. The minimum Gasteiger partial charge on any atom is -0.396 e. The van der Waals surface area contributed by atoms with Crippen molar-refractivity contribution < 1.29 is 13.9 Å². The maximum absolute atomic E-state index is 13.1. The van der Waals surface area contributed by atoms with E-state index in [-0.39, 0.29) is 6.42 Å². The zero-order valence-electron chi connectivity index (χ0n) is 6.74. The minimum absolute atomic E-state index is 0.0654. The van der Waals surface area contributed by atoms with Crippen molar-refractivity contribution in [1.82, 2.24) is 0 Å². The van der Waals surface area contributed by atoms with Gasteiger partial charge in [-0.3, -0.25) is 0 Å². The van der Waals surface area contributed by atoms with Crippen molar-refractivity contribution in [2.24, 2.45) is 5.41 Å². The van der Waals surface area contributed by atoms with Gasteiger partial charge in [0.25, 0.3) is 5.92 Å². The molecule has 0 aromatic carbocycles. The highest BCUT2D eigenvalue weighted by Crippen LogP contribution is 2.47. The Morgan fingerprint density at radius 3 is 2.18 bits per heavy atom. The molecule has 0 amide bonds. The summed E-state index contributed by atoms with van der Waals surface area (Å²) in [6, 6.07) is 0. The molecule has 11 heavy (non-hydrogen) atoms. The van der Waals surface area contributed by atoms with Crippen LogP contribution in [0.15, 0.2) is 0 Å². The molecule has 1 aliphatic carbocycles. The van der Waals surface area contributed by atoms with Gasteiger partial charge in [0, 0.05) is 6.42 Å². The average Bonchev–Trinajstić information content (AvgIpc) is 1.95. The number of aliphatic hydroxyl groups is 1. The van der Waals surface area contributed by atoms with Crippen molar-refractivity contribution in [3.8, 4) is 0 Å². The first-order valence-corrected chi connectivity index (χ1v) is 4.00. The first-order valence-electron chi connectivity index (χ1n) is 4.00. The van der Waals surface area contributed by atoms with Crippen molar-refractivity contribution in [1.29, 1.82) is 0 Å². The number of halogens is 2. The van der Waals surface area contributed by atoms with Crippen LogP contribution >= 0.6 is 0 Å². The molecule has 1 saturated carbocycles. The molecular weight excluding hydrogens is 150 g/mol. The molecule has 1 nitrogen and oxygen atoms in total.